The van der Waals surface area contributed by atoms with Crippen LogP contribution in [0.3, 0.4) is 0 Å². The second kappa shape index (κ2) is 14.8. The molecule has 2 unspecified atom stereocenters. The molecule has 0 aromatic heterocycles. The van der Waals surface area contributed by atoms with E-state index >= 15 is 0 Å². The van der Waals surface area contributed by atoms with Gasteiger partial charge in [-0.05, 0) is 30.5 Å². The summed E-state index contributed by atoms with van der Waals surface area (Å²) in [6, 6.07) is 18.7. The van der Waals surface area contributed by atoms with Gasteiger partial charge in [0, 0.05) is 18.9 Å². The summed E-state index contributed by atoms with van der Waals surface area (Å²) in [4.78, 5) is 12.6. The van der Waals surface area contributed by atoms with Crippen molar-refractivity contribution in [2.45, 2.75) is 85.0 Å². The van der Waals surface area contributed by atoms with Gasteiger partial charge in [0.05, 0.1) is 26.6 Å². The standard InChI is InChI=1S/C30H46NO3/c1-6-7-8-9-10-12-15-27-18-20-29(21-19-27)33-26(3)34-30(32)25(2)22-23-31(4,5)24-28-16-13-11-14-17-28/h11,13-14,16-21,25-26H,6-10,12,15,22-24H2,1-5H3/q+1. The lowest BCUT2D eigenvalue weighted by atomic mass is 10.0. The van der Waals surface area contributed by atoms with Gasteiger partial charge in [-0.1, -0.05) is 88.4 Å². The van der Waals surface area contributed by atoms with Crippen LogP contribution in [-0.4, -0.2) is 37.4 Å². The summed E-state index contributed by atoms with van der Waals surface area (Å²) in [5.74, 6) is 0.367. The van der Waals surface area contributed by atoms with Crippen molar-refractivity contribution in [3.8, 4) is 5.75 Å². The summed E-state index contributed by atoms with van der Waals surface area (Å²) in [6.07, 6.45) is 9.13. The van der Waals surface area contributed by atoms with Crippen LogP contribution in [0.25, 0.3) is 0 Å². The summed E-state index contributed by atoms with van der Waals surface area (Å²) in [5, 5.41) is 0. The number of hydrogen-bond acceptors (Lipinski definition) is 3. The zero-order valence-electron chi connectivity index (χ0n) is 22.1. The Morgan fingerprint density at radius 1 is 0.853 bits per heavy atom. The summed E-state index contributed by atoms with van der Waals surface area (Å²) >= 11 is 0. The first-order valence-corrected chi connectivity index (χ1v) is 13.1. The largest absolute Gasteiger partial charge is 0.455 e. The maximum Gasteiger partial charge on any atom is 0.311 e. The molecule has 2 atom stereocenters. The molecule has 2 aromatic carbocycles. The monoisotopic (exact) mass is 468 g/mol. The number of rotatable bonds is 16. The number of nitrogens with zero attached hydrogens (tertiary/aromatic N) is 1. The number of ether oxygens (including phenoxy) is 2. The maximum absolute atomic E-state index is 12.6. The predicted molar refractivity (Wildman–Crippen MR) is 141 cm³/mol. The number of quaternary nitrogens is 1. The average molecular weight is 469 g/mol. The molecule has 0 saturated heterocycles. The molecule has 4 heteroatoms. The van der Waals surface area contributed by atoms with Gasteiger partial charge in [-0.3, -0.25) is 4.79 Å². The number of aryl methyl sites for hydroxylation is 1. The molecule has 0 heterocycles. The summed E-state index contributed by atoms with van der Waals surface area (Å²) in [5.41, 5.74) is 2.64. The van der Waals surface area contributed by atoms with Gasteiger partial charge in [-0.15, -0.1) is 0 Å². The fourth-order valence-corrected chi connectivity index (χ4v) is 4.16. The van der Waals surface area contributed by atoms with Gasteiger partial charge in [0.25, 0.3) is 0 Å². The Morgan fingerprint density at radius 3 is 2.18 bits per heavy atom. The highest BCUT2D eigenvalue weighted by Gasteiger charge is 2.23. The Kier molecular flexibility index (Phi) is 12.2. The number of hydrogen-bond donors (Lipinski definition) is 0. The molecule has 0 saturated carbocycles. The summed E-state index contributed by atoms with van der Waals surface area (Å²) < 4.78 is 12.2. The third-order valence-corrected chi connectivity index (χ3v) is 6.35. The first kappa shape index (κ1) is 27.9. The Balaban J connectivity index is 1.69. The van der Waals surface area contributed by atoms with Crippen LogP contribution < -0.4 is 4.74 Å². The molecule has 0 aliphatic carbocycles. The average Bonchev–Trinajstić information content (AvgIpc) is 2.81. The van der Waals surface area contributed by atoms with Crippen molar-refractivity contribution in [2.24, 2.45) is 5.92 Å². The Morgan fingerprint density at radius 2 is 1.50 bits per heavy atom. The van der Waals surface area contributed by atoms with E-state index in [1.165, 1.54) is 49.7 Å². The van der Waals surface area contributed by atoms with Gasteiger partial charge in [0.15, 0.2) is 0 Å². The predicted octanol–water partition coefficient (Wildman–Crippen LogP) is 7.16. The van der Waals surface area contributed by atoms with E-state index in [0.29, 0.717) is 0 Å². The minimum Gasteiger partial charge on any atom is -0.455 e. The van der Waals surface area contributed by atoms with Crippen molar-refractivity contribution in [3.63, 3.8) is 0 Å². The summed E-state index contributed by atoms with van der Waals surface area (Å²) in [7, 11) is 4.40. The second-order valence-corrected chi connectivity index (χ2v) is 10.3. The van der Waals surface area contributed by atoms with Gasteiger partial charge in [0.1, 0.15) is 12.3 Å². The Labute approximate surface area is 207 Å². The smallest absolute Gasteiger partial charge is 0.311 e. The van der Waals surface area contributed by atoms with E-state index < -0.39 is 6.29 Å². The quantitative estimate of drug-likeness (QED) is 0.113. The highest BCUT2D eigenvalue weighted by atomic mass is 16.7. The molecule has 0 bridgehead atoms. The molecule has 0 amide bonds. The molecule has 0 spiro atoms. The second-order valence-electron chi connectivity index (χ2n) is 10.3. The zero-order chi connectivity index (χ0) is 24.8. The molecule has 2 aromatic rings. The fraction of sp³-hybridized carbons (Fsp3) is 0.567. The zero-order valence-corrected chi connectivity index (χ0v) is 22.1. The number of benzene rings is 2. The van der Waals surface area contributed by atoms with Crippen molar-refractivity contribution in [3.05, 3.63) is 65.7 Å². The van der Waals surface area contributed by atoms with Crippen molar-refractivity contribution in [1.82, 2.24) is 0 Å². The lowest BCUT2D eigenvalue weighted by molar-refractivity contribution is -0.904. The van der Waals surface area contributed by atoms with E-state index in [-0.39, 0.29) is 11.9 Å². The van der Waals surface area contributed by atoms with Gasteiger partial charge < -0.3 is 14.0 Å². The molecule has 0 aliphatic heterocycles. The molecule has 2 rings (SSSR count). The van der Waals surface area contributed by atoms with Crippen LogP contribution in [-0.2, 0) is 22.5 Å². The van der Waals surface area contributed by atoms with E-state index in [0.717, 1.165) is 36.2 Å². The molecular formula is C30H46NO3+. The minimum absolute atomic E-state index is 0.168. The highest BCUT2D eigenvalue weighted by Crippen LogP contribution is 2.18. The van der Waals surface area contributed by atoms with Crippen molar-refractivity contribution in [1.29, 1.82) is 0 Å². The van der Waals surface area contributed by atoms with Crippen molar-refractivity contribution < 1.29 is 18.8 Å². The normalized spacial score (nSPS) is 13.3. The Hall–Kier alpha value is -2.33. The molecule has 0 fully saturated rings. The molecule has 188 valence electrons. The number of carbonyl (C=O) groups excluding carboxylic acids is 1. The molecule has 0 aliphatic rings. The van der Waals surface area contributed by atoms with E-state index in [1.54, 1.807) is 6.92 Å². The van der Waals surface area contributed by atoms with E-state index in [9.17, 15) is 4.79 Å². The maximum atomic E-state index is 12.6. The molecule has 0 radical (unpaired) electrons. The van der Waals surface area contributed by atoms with Crippen LogP contribution in [0.15, 0.2) is 54.6 Å². The third kappa shape index (κ3) is 11.2. The van der Waals surface area contributed by atoms with Crippen LogP contribution in [0, 0.1) is 5.92 Å². The lowest BCUT2D eigenvalue weighted by Crippen LogP contribution is -2.41. The van der Waals surface area contributed by atoms with Crippen molar-refractivity contribution >= 4 is 5.97 Å². The minimum atomic E-state index is -0.605. The highest BCUT2D eigenvalue weighted by molar-refractivity contribution is 5.72. The lowest BCUT2D eigenvalue weighted by Gasteiger charge is -2.31. The van der Waals surface area contributed by atoms with E-state index in [2.05, 4.69) is 57.4 Å². The van der Waals surface area contributed by atoms with Gasteiger partial charge in [-0.2, -0.15) is 0 Å². The SMILES string of the molecule is CCCCCCCCc1ccc(OC(C)OC(=O)C(C)CC[N+](C)(C)Cc2ccccc2)cc1. The topological polar surface area (TPSA) is 35.5 Å². The number of unbranched alkanes of at least 4 members (excludes halogenated alkanes) is 5. The van der Waals surface area contributed by atoms with Gasteiger partial charge in [0.2, 0.25) is 6.29 Å². The fourth-order valence-electron chi connectivity index (χ4n) is 4.16. The van der Waals surface area contributed by atoms with Gasteiger partial charge >= 0.3 is 5.97 Å². The van der Waals surface area contributed by atoms with Crippen LogP contribution in [0.5, 0.6) is 5.75 Å². The Bertz CT molecular complexity index is 817. The van der Waals surface area contributed by atoms with E-state index in [4.69, 9.17) is 9.47 Å². The van der Waals surface area contributed by atoms with Crippen LogP contribution in [0.1, 0.15) is 76.8 Å². The van der Waals surface area contributed by atoms with Crippen molar-refractivity contribution in [2.75, 3.05) is 20.6 Å². The third-order valence-electron chi connectivity index (χ3n) is 6.35. The number of esters is 1. The molecule has 0 N–H and O–H groups in total. The van der Waals surface area contributed by atoms with Crippen LogP contribution in [0.2, 0.25) is 0 Å². The van der Waals surface area contributed by atoms with Crippen LogP contribution >= 0.6 is 0 Å². The van der Waals surface area contributed by atoms with E-state index in [1.807, 2.05) is 25.1 Å². The van der Waals surface area contributed by atoms with Gasteiger partial charge in [-0.25, -0.2) is 0 Å². The molecular weight excluding hydrogens is 422 g/mol. The summed E-state index contributed by atoms with van der Waals surface area (Å²) in [6.45, 7) is 7.82. The molecule has 34 heavy (non-hydrogen) atoms. The van der Waals surface area contributed by atoms with Crippen LogP contribution in [0.4, 0.5) is 0 Å². The first-order valence-electron chi connectivity index (χ1n) is 13.1. The number of carbonyl (C=O) groups is 1. The molecule has 4 nitrogen and oxygen atoms in total. The first-order chi connectivity index (χ1) is 16.3.